The predicted octanol–water partition coefficient (Wildman–Crippen LogP) is 12.8. The van der Waals surface area contributed by atoms with E-state index in [1.807, 2.05) is 0 Å². The standard InChI is InChI=1S/C50H61N3/c1-50(2)46-19-8-6-17-42(46)43-27-26-41(32-47(43)50)52(40-16-10-12-35(30-40)37-13-11-29-51-33-37)39-24-21-34(22-25-39)36-23-28-49-45(31-36)44-18-7-9-20-48(44)53(49)38-14-4-3-5-15-38/h6-7,9,13-14,17-18,20,24,26,31-35,40,42-43,46H,3-5,8,10-12,15-16,19,21-23,25,27-30H2,1-2H3. The molecule has 0 N–H and O–H groups in total. The maximum absolute atomic E-state index is 4.73. The lowest BCUT2D eigenvalue weighted by Crippen LogP contribution is -2.39. The van der Waals surface area contributed by atoms with E-state index in [1.54, 1.807) is 28.2 Å². The van der Waals surface area contributed by atoms with Gasteiger partial charge < -0.3 is 9.47 Å². The van der Waals surface area contributed by atoms with Crippen LogP contribution in [0.3, 0.4) is 0 Å². The van der Waals surface area contributed by atoms with E-state index in [0.29, 0.717) is 23.8 Å². The molecule has 2 aromatic rings. The Morgan fingerprint density at radius 2 is 1.75 bits per heavy atom. The Morgan fingerprint density at radius 3 is 2.60 bits per heavy atom. The van der Waals surface area contributed by atoms with Crippen molar-refractivity contribution < 1.29 is 0 Å². The minimum absolute atomic E-state index is 0.277. The number of aromatic nitrogens is 1. The van der Waals surface area contributed by atoms with Crippen LogP contribution >= 0.6 is 0 Å². The Labute approximate surface area is 319 Å². The molecule has 3 heteroatoms. The van der Waals surface area contributed by atoms with E-state index in [9.17, 15) is 0 Å². The van der Waals surface area contributed by atoms with E-state index in [0.717, 1.165) is 24.8 Å². The number of nitrogens with zero attached hydrogens (tertiary/aromatic N) is 3. The van der Waals surface area contributed by atoms with Crippen molar-refractivity contribution in [3.63, 3.8) is 0 Å². The van der Waals surface area contributed by atoms with Crippen LogP contribution in [0, 0.1) is 35.0 Å². The summed E-state index contributed by atoms with van der Waals surface area (Å²) in [6, 6.07) is 9.79. The Hall–Kier alpha value is -3.59. The van der Waals surface area contributed by atoms with Gasteiger partial charge in [-0.05, 0) is 155 Å². The molecule has 0 radical (unpaired) electrons. The number of hydrogen-bond donors (Lipinski definition) is 0. The lowest BCUT2D eigenvalue weighted by atomic mass is 9.72. The van der Waals surface area contributed by atoms with Crippen molar-refractivity contribution >= 4 is 28.9 Å². The van der Waals surface area contributed by atoms with Crippen LogP contribution in [-0.2, 0) is 6.42 Å². The van der Waals surface area contributed by atoms with Crippen LogP contribution in [0.1, 0.15) is 128 Å². The SMILES string of the molecule is CC1(C)C2=CC(N(C3=CCC(C4=Cc5c(n(C6=CCCCC6)c6ccccc56)CC4)CC3)C3CCCC(C4=CCCN=C4)C3)=CCC2C2C=CCCC21. The van der Waals surface area contributed by atoms with Crippen molar-refractivity contribution in [2.75, 3.05) is 6.54 Å². The largest absolute Gasteiger partial charge is 0.343 e. The van der Waals surface area contributed by atoms with Crippen LogP contribution in [0.2, 0.25) is 0 Å². The van der Waals surface area contributed by atoms with Crippen molar-refractivity contribution in [3.05, 3.63) is 106 Å². The quantitative estimate of drug-likeness (QED) is 0.274. The smallest absolute Gasteiger partial charge is 0.0534 e. The number of dihydropyridines is 1. The first-order valence-electron chi connectivity index (χ1n) is 21.8. The van der Waals surface area contributed by atoms with Crippen LogP contribution in [-0.4, -0.2) is 28.3 Å². The fraction of sp³-hybridized carbons (Fsp3) is 0.540. The van der Waals surface area contributed by atoms with Gasteiger partial charge in [0.05, 0.1) is 5.52 Å². The van der Waals surface area contributed by atoms with Crippen molar-refractivity contribution in [2.24, 2.45) is 40.0 Å². The molecule has 7 aliphatic carbocycles. The van der Waals surface area contributed by atoms with Gasteiger partial charge in [0.25, 0.3) is 0 Å². The fourth-order valence-electron chi connectivity index (χ4n) is 12.6. The first-order chi connectivity index (χ1) is 26.0. The summed E-state index contributed by atoms with van der Waals surface area (Å²) in [5.74, 6) is 3.49. The number of allylic oxidation sites excluding steroid dienone is 11. The minimum atomic E-state index is 0.277. The zero-order valence-corrected chi connectivity index (χ0v) is 32.5. The normalized spacial score (nSPS) is 32.0. The molecule has 1 aromatic heterocycles. The van der Waals surface area contributed by atoms with Crippen LogP contribution < -0.4 is 0 Å². The monoisotopic (exact) mass is 703 g/mol. The highest BCUT2D eigenvalue weighted by atomic mass is 15.2. The maximum atomic E-state index is 4.73. The summed E-state index contributed by atoms with van der Waals surface area (Å²) in [7, 11) is 0. The lowest BCUT2D eigenvalue weighted by molar-refractivity contribution is 0.206. The van der Waals surface area contributed by atoms with Gasteiger partial charge in [-0.2, -0.15) is 0 Å². The average Bonchev–Trinajstić information content (AvgIpc) is 3.67. The summed E-state index contributed by atoms with van der Waals surface area (Å²) < 4.78 is 2.66. The van der Waals surface area contributed by atoms with Crippen LogP contribution in [0.5, 0.6) is 0 Å². The lowest BCUT2D eigenvalue weighted by Gasteiger charge is -2.44. The number of aliphatic imine (C=N–C) groups is 1. The zero-order valence-electron chi connectivity index (χ0n) is 32.5. The van der Waals surface area contributed by atoms with E-state index in [-0.39, 0.29) is 5.41 Å². The molecule has 53 heavy (non-hydrogen) atoms. The third-order valence-electron chi connectivity index (χ3n) is 15.3. The maximum Gasteiger partial charge on any atom is 0.0534 e. The van der Waals surface area contributed by atoms with E-state index < -0.39 is 0 Å². The van der Waals surface area contributed by atoms with Crippen molar-refractivity contribution in [3.8, 4) is 0 Å². The second kappa shape index (κ2) is 13.9. The van der Waals surface area contributed by atoms with Gasteiger partial charge in [0.15, 0.2) is 0 Å². The number of fused-ring (bicyclic) bond motifs is 6. The molecule has 2 fully saturated rings. The Balaban J connectivity index is 0.962. The van der Waals surface area contributed by atoms with Crippen molar-refractivity contribution in [1.82, 2.24) is 9.47 Å². The van der Waals surface area contributed by atoms with Crippen LogP contribution in [0.4, 0.5) is 0 Å². The second-order valence-electron chi connectivity index (χ2n) is 18.4. The van der Waals surface area contributed by atoms with E-state index in [4.69, 9.17) is 4.99 Å². The number of rotatable bonds is 6. The molecular weight excluding hydrogens is 643 g/mol. The van der Waals surface area contributed by atoms with Gasteiger partial charge in [0.1, 0.15) is 0 Å². The van der Waals surface area contributed by atoms with Crippen molar-refractivity contribution in [1.29, 1.82) is 0 Å². The molecular formula is C50H61N3. The van der Waals surface area contributed by atoms with Gasteiger partial charge in [-0.25, -0.2) is 0 Å². The Kier molecular flexibility index (Phi) is 8.91. The molecule has 2 saturated carbocycles. The van der Waals surface area contributed by atoms with Gasteiger partial charge >= 0.3 is 0 Å². The molecule has 1 aromatic carbocycles. The molecule has 3 nitrogen and oxygen atoms in total. The Morgan fingerprint density at radius 1 is 0.811 bits per heavy atom. The molecule has 10 rings (SSSR count). The molecule has 0 spiro atoms. The van der Waals surface area contributed by atoms with Gasteiger partial charge in [-0.1, -0.05) is 92.1 Å². The van der Waals surface area contributed by atoms with Gasteiger partial charge in [-0.15, -0.1) is 0 Å². The van der Waals surface area contributed by atoms with E-state index in [1.165, 1.54) is 130 Å². The number of hydrogen-bond acceptors (Lipinski definition) is 2. The third kappa shape index (κ3) is 5.95. The molecule has 8 aliphatic rings. The molecule has 0 saturated heterocycles. The fourth-order valence-corrected chi connectivity index (χ4v) is 12.6. The molecule has 0 amide bonds. The molecule has 276 valence electrons. The summed E-state index contributed by atoms with van der Waals surface area (Å²) in [5.41, 5.74) is 14.4. The molecule has 6 atom stereocenters. The summed E-state index contributed by atoms with van der Waals surface area (Å²) >= 11 is 0. The highest BCUT2D eigenvalue weighted by molar-refractivity contribution is 5.94. The average molecular weight is 704 g/mol. The molecule has 0 bridgehead atoms. The second-order valence-corrected chi connectivity index (χ2v) is 18.4. The molecule has 1 aliphatic heterocycles. The third-order valence-corrected chi connectivity index (χ3v) is 15.3. The highest BCUT2D eigenvalue weighted by Crippen LogP contribution is 2.60. The van der Waals surface area contributed by atoms with Crippen LogP contribution in [0.25, 0.3) is 22.7 Å². The number of para-hydroxylation sites is 1. The Bertz CT molecular complexity index is 2020. The highest BCUT2D eigenvalue weighted by Gasteiger charge is 2.51. The number of benzene rings is 1. The van der Waals surface area contributed by atoms with E-state index in [2.05, 4.69) is 102 Å². The van der Waals surface area contributed by atoms with Gasteiger partial charge in [0, 0.05) is 52.5 Å². The summed E-state index contributed by atoms with van der Waals surface area (Å²) in [4.78, 5) is 7.64. The first kappa shape index (κ1) is 33.9. The van der Waals surface area contributed by atoms with Gasteiger partial charge in [0.2, 0.25) is 0 Å². The van der Waals surface area contributed by atoms with Gasteiger partial charge in [-0.3, -0.25) is 4.99 Å². The predicted molar refractivity (Wildman–Crippen MR) is 223 cm³/mol. The topological polar surface area (TPSA) is 20.5 Å². The summed E-state index contributed by atoms with van der Waals surface area (Å²) in [6.45, 7) is 6.11. The van der Waals surface area contributed by atoms with E-state index >= 15 is 0 Å². The summed E-state index contributed by atoms with van der Waals surface area (Å²) in [5, 5.41) is 1.45. The van der Waals surface area contributed by atoms with Crippen LogP contribution in [0.15, 0.2) is 99.9 Å². The zero-order chi connectivity index (χ0) is 35.5. The first-order valence-corrected chi connectivity index (χ1v) is 21.8. The summed E-state index contributed by atoms with van der Waals surface area (Å²) in [6.07, 6.45) is 44.3. The molecule has 2 heterocycles. The molecule has 6 unspecified atom stereocenters. The van der Waals surface area contributed by atoms with Crippen molar-refractivity contribution in [2.45, 2.75) is 129 Å². The minimum Gasteiger partial charge on any atom is -0.343 e.